The van der Waals surface area contributed by atoms with E-state index in [9.17, 15) is 13.2 Å². The lowest BCUT2D eigenvalue weighted by molar-refractivity contribution is -0.221. The topological polar surface area (TPSA) is 49.1 Å². The number of aryl methyl sites for hydroxylation is 2. The van der Waals surface area contributed by atoms with Gasteiger partial charge in [-0.05, 0) is 25.5 Å². The van der Waals surface area contributed by atoms with Crippen molar-refractivity contribution >= 4 is 5.82 Å². The molecule has 1 aromatic rings. The molecule has 0 spiro atoms. The molecule has 1 aliphatic rings. The minimum atomic E-state index is -4.38. The normalized spacial score (nSPS) is 19.8. The van der Waals surface area contributed by atoms with Crippen LogP contribution in [0.4, 0.5) is 19.0 Å². The molecular weight excluding hydrogens is 271 g/mol. The predicted molar refractivity (Wildman–Crippen MR) is 66.4 cm³/mol. The summed E-state index contributed by atoms with van der Waals surface area (Å²) in [5, 5.41) is 8.98. The molecule has 1 fully saturated rings. The standard InChI is InChI=1S/C13H14F3N3O/c1-8-5-12(18-9(2)10(8)6-17)19-3-4-20-11(7-19)13(14,15)16/h5,11H,3-4,7H2,1-2H3. The van der Waals surface area contributed by atoms with Crippen molar-refractivity contribution in [3.63, 3.8) is 0 Å². The number of aromatic nitrogens is 1. The van der Waals surface area contributed by atoms with E-state index in [-0.39, 0.29) is 13.2 Å². The number of halogens is 3. The van der Waals surface area contributed by atoms with E-state index in [1.54, 1.807) is 24.8 Å². The number of nitriles is 1. The molecule has 2 heterocycles. The number of hydrogen-bond donors (Lipinski definition) is 0. The third-order valence-electron chi connectivity index (χ3n) is 3.25. The Morgan fingerprint density at radius 1 is 1.45 bits per heavy atom. The van der Waals surface area contributed by atoms with Crippen LogP contribution in [0.5, 0.6) is 0 Å². The van der Waals surface area contributed by atoms with Gasteiger partial charge >= 0.3 is 6.18 Å². The SMILES string of the molecule is Cc1cc(N2CCOC(C(F)(F)F)C2)nc(C)c1C#N. The maximum atomic E-state index is 12.7. The van der Waals surface area contributed by atoms with Crippen LogP contribution in [0.3, 0.4) is 0 Å². The van der Waals surface area contributed by atoms with Crippen LogP contribution in [-0.2, 0) is 4.74 Å². The molecule has 1 aromatic heterocycles. The van der Waals surface area contributed by atoms with E-state index in [0.717, 1.165) is 0 Å². The maximum Gasteiger partial charge on any atom is 0.416 e. The Kier molecular flexibility index (Phi) is 3.86. The van der Waals surface area contributed by atoms with Crippen LogP contribution in [0.25, 0.3) is 0 Å². The molecule has 0 N–H and O–H groups in total. The summed E-state index contributed by atoms with van der Waals surface area (Å²) in [6, 6.07) is 3.68. The summed E-state index contributed by atoms with van der Waals surface area (Å²) in [6.45, 7) is 3.50. The van der Waals surface area contributed by atoms with Crippen LogP contribution in [0, 0.1) is 25.2 Å². The van der Waals surface area contributed by atoms with Crippen molar-refractivity contribution in [3.05, 3.63) is 22.9 Å². The molecule has 1 unspecified atom stereocenters. The van der Waals surface area contributed by atoms with Crippen LogP contribution in [0.2, 0.25) is 0 Å². The summed E-state index contributed by atoms with van der Waals surface area (Å²) in [4.78, 5) is 5.77. The Hall–Kier alpha value is -1.81. The Morgan fingerprint density at radius 3 is 2.70 bits per heavy atom. The van der Waals surface area contributed by atoms with E-state index >= 15 is 0 Å². The molecule has 0 bridgehead atoms. The highest BCUT2D eigenvalue weighted by atomic mass is 19.4. The van der Waals surface area contributed by atoms with Crippen molar-refractivity contribution < 1.29 is 17.9 Å². The number of alkyl halides is 3. The van der Waals surface area contributed by atoms with Gasteiger partial charge < -0.3 is 9.64 Å². The highest BCUT2D eigenvalue weighted by Crippen LogP contribution is 2.28. The quantitative estimate of drug-likeness (QED) is 0.794. The number of morpholine rings is 1. The zero-order chi connectivity index (χ0) is 14.9. The first-order chi connectivity index (χ1) is 9.32. The zero-order valence-corrected chi connectivity index (χ0v) is 11.2. The zero-order valence-electron chi connectivity index (χ0n) is 11.2. The third kappa shape index (κ3) is 2.85. The molecule has 0 aliphatic carbocycles. The molecule has 0 radical (unpaired) electrons. The summed E-state index contributed by atoms with van der Waals surface area (Å²) in [5.41, 5.74) is 1.71. The third-order valence-corrected chi connectivity index (χ3v) is 3.25. The van der Waals surface area contributed by atoms with Gasteiger partial charge in [0.05, 0.1) is 24.4 Å². The maximum absolute atomic E-state index is 12.7. The van der Waals surface area contributed by atoms with Gasteiger partial charge in [-0.15, -0.1) is 0 Å². The number of ether oxygens (including phenoxy) is 1. The van der Waals surface area contributed by atoms with E-state index < -0.39 is 12.3 Å². The van der Waals surface area contributed by atoms with Gasteiger partial charge in [0.1, 0.15) is 11.9 Å². The number of pyridine rings is 1. The summed E-state index contributed by atoms with van der Waals surface area (Å²) in [6.07, 6.45) is -6.18. The molecular formula is C13H14F3N3O. The molecule has 1 saturated heterocycles. The van der Waals surface area contributed by atoms with Gasteiger partial charge in [-0.2, -0.15) is 18.4 Å². The van der Waals surface area contributed by atoms with Gasteiger partial charge in [-0.25, -0.2) is 4.98 Å². The monoisotopic (exact) mass is 285 g/mol. The molecule has 2 rings (SSSR count). The average molecular weight is 285 g/mol. The summed E-state index contributed by atoms with van der Waals surface area (Å²) in [7, 11) is 0. The van der Waals surface area contributed by atoms with E-state index in [1.807, 2.05) is 6.07 Å². The number of anilines is 1. The van der Waals surface area contributed by atoms with Crippen LogP contribution >= 0.6 is 0 Å². The Labute approximate surface area is 114 Å². The molecule has 4 nitrogen and oxygen atoms in total. The summed E-state index contributed by atoms with van der Waals surface area (Å²) < 4.78 is 42.8. The van der Waals surface area contributed by atoms with Gasteiger partial charge in [0.2, 0.25) is 0 Å². The summed E-state index contributed by atoms with van der Waals surface area (Å²) in [5.74, 6) is 0.455. The fourth-order valence-electron chi connectivity index (χ4n) is 2.20. The minimum absolute atomic E-state index is 0.00392. The molecule has 1 atom stereocenters. The first kappa shape index (κ1) is 14.6. The number of nitrogens with zero attached hydrogens (tertiary/aromatic N) is 3. The molecule has 20 heavy (non-hydrogen) atoms. The highest BCUT2D eigenvalue weighted by molar-refractivity contribution is 5.50. The van der Waals surface area contributed by atoms with Gasteiger partial charge in [-0.1, -0.05) is 0 Å². The molecule has 7 heteroatoms. The van der Waals surface area contributed by atoms with Crippen molar-refractivity contribution in [2.75, 3.05) is 24.6 Å². The smallest absolute Gasteiger partial charge is 0.365 e. The fourth-order valence-corrected chi connectivity index (χ4v) is 2.20. The van der Waals surface area contributed by atoms with E-state index in [1.165, 1.54) is 0 Å². The van der Waals surface area contributed by atoms with Crippen LogP contribution in [0.15, 0.2) is 6.07 Å². The minimum Gasteiger partial charge on any atom is -0.365 e. The van der Waals surface area contributed by atoms with Crippen molar-refractivity contribution in [3.8, 4) is 6.07 Å². The second-order valence-corrected chi connectivity index (χ2v) is 4.72. The average Bonchev–Trinajstić information content (AvgIpc) is 2.37. The molecule has 108 valence electrons. The van der Waals surface area contributed by atoms with Crippen molar-refractivity contribution in [2.45, 2.75) is 26.1 Å². The first-order valence-corrected chi connectivity index (χ1v) is 6.14. The highest BCUT2D eigenvalue weighted by Gasteiger charge is 2.43. The Morgan fingerprint density at radius 2 is 2.15 bits per heavy atom. The summed E-state index contributed by atoms with van der Waals surface area (Å²) >= 11 is 0. The van der Waals surface area contributed by atoms with Crippen LogP contribution in [-0.4, -0.2) is 37.0 Å². The second-order valence-electron chi connectivity index (χ2n) is 4.72. The fraction of sp³-hybridized carbons (Fsp3) is 0.538. The Balaban J connectivity index is 2.26. The lowest BCUT2D eigenvalue weighted by Crippen LogP contribution is -2.49. The van der Waals surface area contributed by atoms with E-state index in [0.29, 0.717) is 29.2 Å². The molecule has 0 amide bonds. The number of hydrogen-bond acceptors (Lipinski definition) is 4. The van der Waals surface area contributed by atoms with Gasteiger partial charge in [0, 0.05) is 6.54 Å². The molecule has 0 saturated carbocycles. The van der Waals surface area contributed by atoms with Gasteiger partial charge in [-0.3, -0.25) is 0 Å². The van der Waals surface area contributed by atoms with Crippen LogP contribution in [0.1, 0.15) is 16.8 Å². The van der Waals surface area contributed by atoms with Gasteiger partial charge in [0.25, 0.3) is 0 Å². The van der Waals surface area contributed by atoms with E-state index in [4.69, 9.17) is 10.00 Å². The molecule has 1 aliphatic heterocycles. The van der Waals surface area contributed by atoms with E-state index in [2.05, 4.69) is 4.98 Å². The van der Waals surface area contributed by atoms with Crippen molar-refractivity contribution in [1.29, 1.82) is 5.26 Å². The predicted octanol–water partition coefficient (Wildman–Crippen LogP) is 2.34. The van der Waals surface area contributed by atoms with Gasteiger partial charge in [0.15, 0.2) is 6.10 Å². The second kappa shape index (κ2) is 5.29. The molecule has 0 aromatic carbocycles. The Bertz CT molecular complexity index is 528. The van der Waals surface area contributed by atoms with Crippen molar-refractivity contribution in [1.82, 2.24) is 4.98 Å². The largest absolute Gasteiger partial charge is 0.416 e. The lowest BCUT2D eigenvalue weighted by Gasteiger charge is -2.34. The number of rotatable bonds is 1. The first-order valence-electron chi connectivity index (χ1n) is 6.14. The lowest BCUT2D eigenvalue weighted by atomic mass is 10.1. The van der Waals surface area contributed by atoms with Crippen molar-refractivity contribution in [2.24, 2.45) is 0 Å². The van der Waals surface area contributed by atoms with Crippen LogP contribution < -0.4 is 4.90 Å².